The van der Waals surface area contributed by atoms with Crippen LogP contribution in [0.4, 0.5) is 0 Å². The fraction of sp³-hybridized carbons (Fsp3) is 0.533. The van der Waals surface area contributed by atoms with Crippen LogP contribution in [0.25, 0.3) is 0 Å². The Kier molecular flexibility index (Phi) is 4.02. The average molecular weight is 247 g/mol. The highest BCUT2D eigenvalue weighted by Gasteiger charge is 2.25. The van der Waals surface area contributed by atoms with E-state index in [1.54, 1.807) is 0 Å². The molecule has 0 spiro atoms. The van der Waals surface area contributed by atoms with Crippen molar-refractivity contribution in [2.24, 2.45) is 5.92 Å². The van der Waals surface area contributed by atoms with Gasteiger partial charge in [0, 0.05) is 25.3 Å². The van der Waals surface area contributed by atoms with Crippen molar-refractivity contribution in [2.45, 2.75) is 26.7 Å². The molecule has 1 N–H and O–H groups in total. The van der Waals surface area contributed by atoms with Gasteiger partial charge in [-0.15, -0.1) is 0 Å². The van der Waals surface area contributed by atoms with Crippen molar-refractivity contribution in [1.82, 2.24) is 4.90 Å². The van der Waals surface area contributed by atoms with Crippen LogP contribution in [0.1, 0.15) is 34.3 Å². The van der Waals surface area contributed by atoms with Gasteiger partial charge in [-0.05, 0) is 43.7 Å². The van der Waals surface area contributed by atoms with Crippen LogP contribution in [0.2, 0.25) is 0 Å². The number of likely N-dealkylation sites (tertiary alicyclic amines) is 1. The Morgan fingerprint density at radius 1 is 1.39 bits per heavy atom. The SMILES string of the molecule is Cc1cccc(C)c1C(=O)N1CCCC(CO)C1. The summed E-state index contributed by atoms with van der Waals surface area (Å²) in [5.74, 6) is 0.357. The van der Waals surface area contributed by atoms with Crippen molar-refractivity contribution in [1.29, 1.82) is 0 Å². The van der Waals surface area contributed by atoms with Crippen LogP contribution in [0, 0.1) is 19.8 Å². The number of aliphatic hydroxyl groups is 1. The number of hydrogen-bond acceptors (Lipinski definition) is 2. The maximum atomic E-state index is 12.5. The summed E-state index contributed by atoms with van der Waals surface area (Å²) in [5.41, 5.74) is 2.90. The van der Waals surface area contributed by atoms with Gasteiger partial charge in [-0.3, -0.25) is 4.79 Å². The first-order chi connectivity index (χ1) is 8.63. The molecule has 1 heterocycles. The number of carbonyl (C=O) groups excluding carboxylic acids is 1. The Labute approximate surface area is 108 Å². The lowest BCUT2D eigenvalue weighted by atomic mass is 9.96. The van der Waals surface area contributed by atoms with Crippen LogP contribution in [-0.2, 0) is 0 Å². The summed E-state index contributed by atoms with van der Waals surface area (Å²) in [4.78, 5) is 14.4. The predicted molar refractivity (Wildman–Crippen MR) is 71.6 cm³/mol. The third-order valence-electron chi connectivity index (χ3n) is 3.76. The zero-order chi connectivity index (χ0) is 13.1. The van der Waals surface area contributed by atoms with Crippen LogP contribution in [0.3, 0.4) is 0 Å². The van der Waals surface area contributed by atoms with E-state index >= 15 is 0 Å². The summed E-state index contributed by atoms with van der Waals surface area (Å²) in [5, 5.41) is 9.23. The van der Waals surface area contributed by atoms with E-state index in [0.717, 1.165) is 36.1 Å². The first-order valence-corrected chi connectivity index (χ1v) is 6.60. The molecule has 1 unspecified atom stereocenters. The smallest absolute Gasteiger partial charge is 0.254 e. The van der Waals surface area contributed by atoms with Crippen LogP contribution < -0.4 is 0 Å². The van der Waals surface area contributed by atoms with E-state index in [1.807, 2.05) is 36.9 Å². The van der Waals surface area contributed by atoms with Gasteiger partial charge < -0.3 is 10.0 Å². The minimum atomic E-state index is 0.115. The Balaban J connectivity index is 2.20. The summed E-state index contributed by atoms with van der Waals surface area (Å²) in [6, 6.07) is 5.94. The highest BCUT2D eigenvalue weighted by atomic mass is 16.3. The number of carbonyl (C=O) groups is 1. The zero-order valence-electron chi connectivity index (χ0n) is 11.1. The fourth-order valence-corrected chi connectivity index (χ4v) is 2.71. The molecule has 1 atom stereocenters. The number of aliphatic hydroxyl groups excluding tert-OH is 1. The average Bonchev–Trinajstić information content (AvgIpc) is 2.38. The Bertz CT molecular complexity index is 422. The summed E-state index contributed by atoms with van der Waals surface area (Å²) in [7, 11) is 0. The molecule has 18 heavy (non-hydrogen) atoms. The molecule has 98 valence electrons. The molecule has 0 bridgehead atoms. The maximum absolute atomic E-state index is 12.5. The van der Waals surface area contributed by atoms with E-state index in [2.05, 4.69) is 0 Å². The number of aryl methyl sites for hydroxylation is 2. The Morgan fingerprint density at radius 3 is 2.67 bits per heavy atom. The second-order valence-corrected chi connectivity index (χ2v) is 5.21. The van der Waals surface area contributed by atoms with Crippen molar-refractivity contribution < 1.29 is 9.90 Å². The summed E-state index contributed by atoms with van der Waals surface area (Å²) < 4.78 is 0. The van der Waals surface area contributed by atoms with E-state index in [4.69, 9.17) is 0 Å². The minimum absolute atomic E-state index is 0.115. The van der Waals surface area contributed by atoms with Gasteiger partial charge in [-0.25, -0.2) is 0 Å². The van der Waals surface area contributed by atoms with Gasteiger partial charge in [0.1, 0.15) is 0 Å². The molecule has 0 radical (unpaired) electrons. The molecule has 3 nitrogen and oxygen atoms in total. The van der Waals surface area contributed by atoms with Gasteiger partial charge in [-0.2, -0.15) is 0 Å². The summed E-state index contributed by atoms with van der Waals surface area (Å²) in [6.45, 7) is 5.63. The lowest BCUT2D eigenvalue weighted by Gasteiger charge is -2.32. The topological polar surface area (TPSA) is 40.5 Å². The summed E-state index contributed by atoms with van der Waals surface area (Å²) >= 11 is 0. The molecule has 0 saturated carbocycles. The maximum Gasteiger partial charge on any atom is 0.254 e. The molecule has 1 aliphatic heterocycles. The van der Waals surface area contributed by atoms with Gasteiger partial charge in [0.15, 0.2) is 0 Å². The number of amides is 1. The Hall–Kier alpha value is -1.35. The van der Waals surface area contributed by atoms with Crippen molar-refractivity contribution in [3.8, 4) is 0 Å². The van der Waals surface area contributed by atoms with Gasteiger partial charge >= 0.3 is 0 Å². The van der Waals surface area contributed by atoms with Crippen LogP contribution in [-0.4, -0.2) is 35.6 Å². The van der Waals surface area contributed by atoms with Crippen molar-refractivity contribution >= 4 is 5.91 Å². The second-order valence-electron chi connectivity index (χ2n) is 5.21. The zero-order valence-corrected chi connectivity index (χ0v) is 11.1. The molecule has 3 heteroatoms. The summed E-state index contributed by atoms with van der Waals surface area (Å²) in [6.07, 6.45) is 2.01. The van der Waals surface area contributed by atoms with Crippen LogP contribution >= 0.6 is 0 Å². The van der Waals surface area contributed by atoms with E-state index < -0.39 is 0 Å². The number of hydrogen-bond donors (Lipinski definition) is 1. The fourth-order valence-electron chi connectivity index (χ4n) is 2.71. The van der Waals surface area contributed by atoms with E-state index in [9.17, 15) is 9.90 Å². The third kappa shape index (κ3) is 2.56. The normalized spacial score (nSPS) is 19.9. The lowest BCUT2D eigenvalue weighted by Crippen LogP contribution is -2.41. The number of piperidine rings is 1. The van der Waals surface area contributed by atoms with Gasteiger partial charge in [0.25, 0.3) is 5.91 Å². The lowest BCUT2D eigenvalue weighted by molar-refractivity contribution is 0.0619. The van der Waals surface area contributed by atoms with Crippen molar-refractivity contribution in [3.05, 3.63) is 34.9 Å². The minimum Gasteiger partial charge on any atom is -0.396 e. The standard InChI is InChI=1S/C15H21NO2/c1-11-5-3-6-12(2)14(11)15(18)16-8-4-7-13(9-16)10-17/h3,5-6,13,17H,4,7-10H2,1-2H3. The molecule has 1 amide bonds. The molecule has 0 aromatic heterocycles. The molecule has 1 aromatic rings. The molecule has 1 saturated heterocycles. The largest absolute Gasteiger partial charge is 0.396 e. The molecule has 1 aromatic carbocycles. The van der Waals surface area contributed by atoms with E-state index in [0.29, 0.717) is 6.54 Å². The van der Waals surface area contributed by atoms with Crippen molar-refractivity contribution in [2.75, 3.05) is 19.7 Å². The van der Waals surface area contributed by atoms with Crippen LogP contribution in [0.15, 0.2) is 18.2 Å². The van der Waals surface area contributed by atoms with Gasteiger partial charge in [-0.1, -0.05) is 18.2 Å². The van der Waals surface area contributed by atoms with Gasteiger partial charge in [0.2, 0.25) is 0 Å². The Morgan fingerprint density at radius 2 is 2.06 bits per heavy atom. The molecule has 0 aliphatic carbocycles. The van der Waals surface area contributed by atoms with Gasteiger partial charge in [0.05, 0.1) is 0 Å². The predicted octanol–water partition coefficient (Wildman–Crippen LogP) is 2.15. The molecule has 1 aliphatic rings. The molecule has 1 fully saturated rings. The quantitative estimate of drug-likeness (QED) is 0.870. The molecule has 2 rings (SSSR count). The number of rotatable bonds is 2. The van der Waals surface area contributed by atoms with E-state index in [-0.39, 0.29) is 18.4 Å². The van der Waals surface area contributed by atoms with Crippen LogP contribution in [0.5, 0.6) is 0 Å². The monoisotopic (exact) mass is 247 g/mol. The van der Waals surface area contributed by atoms with Crippen molar-refractivity contribution in [3.63, 3.8) is 0 Å². The first kappa shape index (κ1) is 13.1. The first-order valence-electron chi connectivity index (χ1n) is 6.60. The molecular formula is C15H21NO2. The number of benzene rings is 1. The molecular weight excluding hydrogens is 226 g/mol. The highest BCUT2D eigenvalue weighted by molar-refractivity contribution is 5.97. The number of nitrogens with zero attached hydrogens (tertiary/aromatic N) is 1. The van der Waals surface area contributed by atoms with E-state index in [1.165, 1.54) is 0 Å². The highest BCUT2D eigenvalue weighted by Crippen LogP contribution is 2.21. The third-order valence-corrected chi connectivity index (χ3v) is 3.76. The second kappa shape index (κ2) is 5.53.